The van der Waals surface area contributed by atoms with E-state index < -0.39 is 0 Å². The third-order valence-electron chi connectivity index (χ3n) is 9.96. The summed E-state index contributed by atoms with van der Waals surface area (Å²) >= 11 is 0. The summed E-state index contributed by atoms with van der Waals surface area (Å²) in [4.78, 5) is 0. The van der Waals surface area contributed by atoms with Crippen molar-refractivity contribution >= 4 is 64.9 Å². The van der Waals surface area contributed by atoms with Crippen LogP contribution in [0.15, 0.2) is 176 Å². The van der Waals surface area contributed by atoms with Crippen LogP contribution in [0.5, 0.6) is 0 Å². The van der Waals surface area contributed by atoms with Crippen molar-refractivity contribution in [3.63, 3.8) is 0 Å². The topological polar surface area (TPSA) is 4.93 Å². The molecule has 0 aliphatic carbocycles. The van der Waals surface area contributed by atoms with Gasteiger partial charge in [-0.15, -0.1) is 0 Å². The number of fused-ring (bicyclic) bond motifs is 10. The molecule has 1 heterocycles. The van der Waals surface area contributed by atoms with Crippen LogP contribution < -0.4 is 0 Å². The van der Waals surface area contributed by atoms with E-state index in [1.54, 1.807) is 0 Å². The van der Waals surface area contributed by atoms with Gasteiger partial charge in [0.25, 0.3) is 0 Å². The second kappa shape index (κ2) is 10.2. The van der Waals surface area contributed by atoms with Crippen LogP contribution >= 0.6 is 0 Å². The molecule has 10 rings (SSSR count). The van der Waals surface area contributed by atoms with Crippen molar-refractivity contribution in [2.75, 3.05) is 0 Å². The van der Waals surface area contributed by atoms with Crippen molar-refractivity contribution in [2.24, 2.45) is 0 Å². The Labute approximate surface area is 272 Å². The van der Waals surface area contributed by atoms with Crippen molar-refractivity contribution in [1.29, 1.82) is 0 Å². The molecule has 10 aromatic rings. The van der Waals surface area contributed by atoms with Gasteiger partial charge in [0.05, 0.1) is 11.0 Å². The number of hydrogen-bond donors (Lipinski definition) is 0. The summed E-state index contributed by atoms with van der Waals surface area (Å²) in [6, 6.07) is 64.5. The maximum absolute atomic E-state index is 2.44. The molecule has 1 heteroatoms. The van der Waals surface area contributed by atoms with E-state index in [-0.39, 0.29) is 0 Å². The number of aromatic nitrogens is 1. The lowest BCUT2D eigenvalue weighted by Gasteiger charge is -2.14. The van der Waals surface area contributed by atoms with E-state index in [0.717, 1.165) is 0 Å². The van der Waals surface area contributed by atoms with Gasteiger partial charge >= 0.3 is 0 Å². The Kier molecular flexibility index (Phi) is 5.64. The average Bonchev–Trinajstić information content (AvgIpc) is 3.47. The predicted molar refractivity (Wildman–Crippen MR) is 202 cm³/mol. The first kappa shape index (κ1) is 26.1. The summed E-state index contributed by atoms with van der Waals surface area (Å²) in [5, 5.41) is 12.8. The lowest BCUT2D eigenvalue weighted by Crippen LogP contribution is -1.94. The molecule has 0 saturated carbocycles. The maximum atomic E-state index is 2.44. The first-order valence-electron chi connectivity index (χ1n) is 16.3. The fourth-order valence-electron chi connectivity index (χ4n) is 7.77. The second-order valence-corrected chi connectivity index (χ2v) is 12.5. The Morgan fingerprint density at radius 3 is 1.66 bits per heavy atom. The molecule has 0 radical (unpaired) electrons. The van der Waals surface area contributed by atoms with Crippen LogP contribution in [0, 0.1) is 0 Å². The van der Waals surface area contributed by atoms with E-state index in [2.05, 4.69) is 180 Å². The highest BCUT2D eigenvalue weighted by atomic mass is 15.0. The van der Waals surface area contributed by atoms with E-state index >= 15 is 0 Å². The molecule has 0 N–H and O–H groups in total. The lowest BCUT2D eigenvalue weighted by molar-refractivity contribution is 1.18. The van der Waals surface area contributed by atoms with Gasteiger partial charge in [0.1, 0.15) is 0 Å². The molecule has 218 valence electrons. The largest absolute Gasteiger partial charge is 0.309 e. The van der Waals surface area contributed by atoms with E-state index in [1.807, 2.05) is 0 Å². The molecular weight excluding hydrogens is 567 g/mol. The van der Waals surface area contributed by atoms with Gasteiger partial charge in [-0.2, -0.15) is 0 Å². The molecule has 0 atom stereocenters. The molecule has 1 aromatic heterocycles. The highest BCUT2D eigenvalue weighted by Gasteiger charge is 2.17. The van der Waals surface area contributed by atoms with Crippen molar-refractivity contribution in [3.8, 4) is 27.9 Å². The van der Waals surface area contributed by atoms with Crippen molar-refractivity contribution in [1.82, 2.24) is 4.57 Å². The molecule has 0 amide bonds. The Balaban J connectivity index is 1.25. The van der Waals surface area contributed by atoms with Gasteiger partial charge < -0.3 is 4.57 Å². The molecule has 9 aromatic carbocycles. The third kappa shape index (κ3) is 3.97. The van der Waals surface area contributed by atoms with Crippen LogP contribution in [0.25, 0.3) is 92.8 Å². The van der Waals surface area contributed by atoms with Crippen LogP contribution in [0.3, 0.4) is 0 Å². The van der Waals surface area contributed by atoms with Gasteiger partial charge in [-0.05, 0) is 102 Å². The van der Waals surface area contributed by atoms with Gasteiger partial charge in [-0.1, -0.05) is 140 Å². The molecule has 0 aliphatic rings. The Morgan fingerprint density at radius 2 is 0.851 bits per heavy atom. The molecule has 1 nitrogen and oxygen atoms in total. The molecule has 0 unspecified atom stereocenters. The zero-order valence-electron chi connectivity index (χ0n) is 25.7. The Hall–Kier alpha value is -6.18. The van der Waals surface area contributed by atoms with E-state index in [4.69, 9.17) is 0 Å². The average molecular weight is 596 g/mol. The number of benzene rings is 9. The molecule has 0 saturated heterocycles. The summed E-state index contributed by atoms with van der Waals surface area (Å²) in [6.07, 6.45) is 0. The van der Waals surface area contributed by atoms with Crippen LogP contribution in [0.2, 0.25) is 0 Å². The summed E-state index contributed by atoms with van der Waals surface area (Å²) in [5.41, 5.74) is 8.58. The third-order valence-corrected chi connectivity index (χ3v) is 9.96. The standard InChI is InChI=1S/C46H29N/c1-2-11-30(12-3-1)31-21-24-34(25-22-31)47-45-20-9-8-18-40(45)44-28-42-39-26-23-33(36-19-10-14-32-13-4-5-15-35(32)36)27-41(39)37-16-6-7-17-38(37)43(42)29-46(44)47/h1-29H. The van der Waals surface area contributed by atoms with Crippen molar-refractivity contribution < 1.29 is 0 Å². The highest BCUT2D eigenvalue weighted by Crippen LogP contribution is 2.42. The van der Waals surface area contributed by atoms with Gasteiger partial charge in [-0.3, -0.25) is 0 Å². The van der Waals surface area contributed by atoms with Crippen LogP contribution in [-0.4, -0.2) is 4.57 Å². The summed E-state index contributed by atoms with van der Waals surface area (Å²) < 4.78 is 2.43. The fraction of sp³-hybridized carbons (Fsp3) is 0. The van der Waals surface area contributed by atoms with Gasteiger partial charge in [-0.25, -0.2) is 0 Å². The highest BCUT2D eigenvalue weighted by molar-refractivity contribution is 6.29. The first-order chi connectivity index (χ1) is 23.3. The summed E-state index contributed by atoms with van der Waals surface area (Å²) in [7, 11) is 0. The van der Waals surface area contributed by atoms with E-state index in [0.29, 0.717) is 0 Å². The SMILES string of the molecule is c1ccc(-c2ccc(-n3c4ccccc4c4cc5c6ccc(-c7cccc8ccccc78)cc6c6ccccc6c5cc43)cc2)cc1. The minimum atomic E-state index is 1.17. The Bertz CT molecular complexity index is 2820. The minimum Gasteiger partial charge on any atom is -0.309 e. The van der Waals surface area contributed by atoms with Crippen molar-refractivity contribution in [2.45, 2.75) is 0 Å². The monoisotopic (exact) mass is 595 g/mol. The summed E-state index contributed by atoms with van der Waals surface area (Å²) in [6.45, 7) is 0. The van der Waals surface area contributed by atoms with Crippen molar-refractivity contribution in [3.05, 3.63) is 176 Å². The molecule has 0 bridgehead atoms. The van der Waals surface area contributed by atoms with Gasteiger partial charge in [0.15, 0.2) is 0 Å². The zero-order chi connectivity index (χ0) is 30.9. The van der Waals surface area contributed by atoms with Crippen LogP contribution in [0.1, 0.15) is 0 Å². The lowest BCUT2D eigenvalue weighted by atomic mass is 9.90. The molecule has 0 spiro atoms. The number of nitrogens with zero attached hydrogens (tertiary/aromatic N) is 1. The normalized spacial score (nSPS) is 11.8. The van der Waals surface area contributed by atoms with Gasteiger partial charge in [0, 0.05) is 16.5 Å². The number of hydrogen-bond acceptors (Lipinski definition) is 0. The minimum absolute atomic E-state index is 1.17. The van der Waals surface area contributed by atoms with E-state index in [1.165, 1.54) is 92.8 Å². The quantitative estimate of drug-likeness (QED) is 0.179. The second-order valence-electron chi connectivity index (χ2n) is 12.5. The van der Waals surface area contributed by atoms with Gasteiger partial charge in [0.2, 0.25) is 0 Å². The molecule has 47 heavy (non-hydrogen) atoms. The number of para-hydroxylation sites is 1. The smallest absolute Gasteiger partial charge is 0.0547 e. The fourth-order valence-corrected chi connectivity index (χ4v) is 7.77. The number of rotatable bonds is 3. The summed E-state index contributed by atoms with van der Waals surface area (Å²) in [5.74, 6) is 0. The van der Waals surface area contributed by atoms with E-state index in [9.17, 15) is 0 Å². The Morgan fingerprint density at radius 1 is 0.277 bits per heavy atom. The zero-order valence-corrected chi connectivity index (χ0v) is 25.7. The van der Waals surface area contributed by atoms with Crippen LogP contribution in [-0.2, 0) is 0 Å². The van der Waals surface area contributed by atoms with Crippen LogP contribution in [0.4, 0.5) is 0 Å². The maximum Gasteiger partial charge on any atom is 0.0547 e. The molecule has 0 fully saturated rings. The molecular formula is C46H29N. The molecule has 0 aliphatic heterocycles. The first-order valence-corrected chi connectivity index (χ1v) is 16.3. The predicted octanol–water partition coefficient (Wildman–Crippen LogP) is 12.7.